The molecule has 6 nitrogen and oxygen atoms in total. The molecule has 0 saturated carbocycles. The largest absolute Gasteiger partial charge is 0.481 e. The van der Waals surface area contributed by atoms with Crippen LogP contribution in [0.4, 0.5) is 0 Å². The summed E-state index contributed by atoms with van der Waals surface area (Å²) in [7, 11) is 0. The maximum absolute atomic E-state index is 10.7. The predicted molar refractivity (Wildman–Crippen MR) is 71.4 cm³/mol. The average molecular weight is 285 g/mol. The first kappa shape index (κ1) is 14.3. The van der Waals surface area contributed by atoms with Gasteiger partial charge in [0.25, 0.3) is 0 Å². The summed E-state index contributed by atoms with van der Waals surface area (Å²) in [5.41, 5.74) is 0. The molecule has 1 saturated heterocycles. The van der Waals surface area contributed by atoms with Crippen molar-refractivity contribution in [1.29, 1.82) is 0 Å². The molecule has 1 atom stereocenters. The maximum atomic E-state index is 10.7. The van der Waals surface area contributed by atoms with E-state index >= 15 is 0 Å². The molecule has 0 bridgehead atoms. The Bertz CT molecular complexity index is 430. The summed E-state index contributed by atoms with van der Waals surface area (Å²) in [6, 6.07) is 0. The Balaban J connectivity index is 2.09. The van der Waals surface area contributed by atoms with Crippen LogP contribution in [0.2, 0.25) is 0 Å². The van der Waals surface area contributed by atoms with Gasteiger partial charge < -0.3 is 14.4 Å². The summed E-state index contributed by atoms with van der Waals surface area (Å²) in [6.45, 7) is 3.63. The first-order valence-electron chi connectivity index (χ1n) is 6.59. The topological polar surface area (TPSA) is 77.2 Å². The minimum atomic E-state index is -0.839. The third-order valence-corrected chi connectivity index (χ3v) is 3.95. The van der Waals surface area contributed by atoms with Crippen molar-refractivity contribution < 1.29 is 14.6 Å². The standard InChI is InChI=1S/C12H19N3O3S/c1-2-4-10-13-14-12(19-8-11(16)17)15(10)7-9-5-3-6-18-9/h9H,2-8H2,1H3,(H,16,17)/t9-/m1/s1. The van der Waals surface area contributed by atoms with Crippen molar-refractivity contribution >= 4 is 17.7 Å². The Morgan fingerprint density at radius 1 is 1.58 bits per heavy atom. The van der Waals surface area contributed by atoms with Gasteiger partial charge in [0.15, 0.2) is 5.16 Å². The molecule has 0 radical (unpaired) electrons. The molecular weight excluding hydrogens is 266 g/mol. The van der Waals surface area contributed by atoms with E-state index in [4.69, 9.17) is 9.84 Å². The monoisotopic (exact) mass is 285 g/mol. The van der Waals surface area contributed by atoms with E-state index in [9.17, 15) is 4.79 Å². The lowest BCUT2D eigenvalue weighted by Crippen LogP contribution is -2.18. The summed E-state index contributed by atoms with van der Waals surface area (Å²) in [6.07, 6.45) is 4.19. The Morgan fingerprint density at radius 3 is 3.05 bits per heavy atom. The van der Waals surface area contributed by atoms with Crippen molar-refractivity contribution in [3.63, 3.8) is 0 Å². The number of hydrogen-bond acceptors (Lipinski definition) is 5. The van der Waals surface area contributed by atoms with Crippen molar-refractivity contribution in [2.45, 2.75) is 50.4 Å². The van der Waals surface area contributed by atoms with Gasteiger partial charge in [-0.2, -0.15) is 0 Å². The Kier molecular flexibility index (Phi) is 5.21. The molecule has 7 heteroatoms. The van der Waals surface area contributed by atoms with Gasteiger partial charge in [0.05, 0.1) is 18.4 Å². The number of thioether (sulfide) groups is 1. The van der Waals surface area contributed by atoms with E-state index in [0.717, 1.165) is 44.7 Å². The third-order valence-electron chi connectivity index (χ3n) is 3.00. The molecule has 106 valence electrons. The zero-order chi connectivity index (χ0) is 13.7. The minimum absolute atomic E-state index is 0.00970. The molecular formula is C12H19N3O3S. The van der Waals surface area contributed by atoms with Gasteiger partial charge in [-0.1, -0.05) is 18.7 Å². The second-order valence-electron chi connectivity index (χ2n) is 4.58. The minimum Gasteiger partial charge on any atom is -0.481 e. The average Bonchev–Trinajstić information content (AvgIpc) is 2.99. The number of carboxylic acid groups (broad SMARTS) is 1. The lowest BCUT2D eigenvalue weighted by atomic mass is 10.2. The summed E-state index contributed by atoms with van der Waals surface area (Å²) >= 11 is 1.22. The smallest absolute Gasteiger partial charge is 0.313 e. The van der Waals surface area contributed by atoms with Gasteiger partial charge in [0.1, 0.15) is 5.82 Å². The molecule has 2 heterocycles. The van der Waals surface area contributed by atoms with Gasteiger partial charge in [0.2, 0.25) is 0 Å². The van der Waals surface area contributed by atoms with E-state index in [1.807, 2.05) is 4.57 Å². The van der Waals surface area contributed by atoms with Gasteiger partial charge in [-0.05, 0) is 19.3 Å². The van der Waals surface area contributed by atoms with E-state index in [2.05, 4.69) is 17.1 Å². The normalized spacial score (nSPS) is 18.9. The van der Waals surface area contributed by atoms with Crippen LogP contribution in [0, 0.1) is 0 Å². The molecule has 0 unspecified atom stereocenters. The summed E-state index contributed by atoms with van der Waals surface area (Å²) in [5.74, 6) is 0.0927. The highest BCUT2D eigenvalue weighted by Gasteiger charge is 2.21. The molecule has 1 aliphatic heterocycles. The van der Waals surface area contributed by atoms with E-state index in [-0.39, 0.29) is 11.9 Å². The van der Waals surface area contributed by atoms with E-state index < -0.39 is 5.97 Å². The zero-order valence-corrected chi connectivity index (χ0v) is 11.9. The van der Waals surface area contributed by atoms with Crippen LogP contribution < -0.4 is 0 Å². The number of ether oxygens (including phenoxy) is 1. The fourth-order valence-electron chi connectivity index (χ4n) is 2.14. The third kappa shape index (κ3) is 3.94. The quantitative estimate of drug-likeness (QED) is 0.767. The summed E-state index contributed by atoms with van der Waals surface area (Å²) in [4.78, 5) is 10.7. The van der Waals surface area contributed by atoms with Gasteiger partial charge in [-0.25, -0.2) is 0 Å². The second-order valence-corrected chi connectivity index (χ2v) is 5.52. The molecule has 19 heavy (non-hydrogen) atoms. The lowest BCUT2D eigenvalue weighted by Gasteiger charge is -2.14. The summed E-state index contributed by atoms with van der Waals surface area (Å²) < 4.78 is 7.66. The van der Waals surface area contributed by atoms with Gasteiger partial charge in [0, 0.05) is 13.0 Å². The summed E-state index contributed by atoms with van der Waals surface area (Å²) in [5, 5.41) is 17.7. The number of nitrogens with zero attached hydrogens (tertiary/aromatic N) is 3. The molecule has 0 amide bonds. The van der Waals surface area contributed by atoms with Crippen molar-refractivity contribution in [3.05, 3.63) is 5.82 Å². The van der Waals surface area contributed by atoms with E-state index in [1.54, 1.807) is 0 Å². The number of rotatable bonds is 7. The van der Waals surface area contributed by atoms with Crippen LogP contribution in [0.5, 0.6) is 0 Å². The van der Waals surface area contributed by atoms with Crippen molar-refractivity contribution in [2.24, 2.45) is 0 Å². The fraction of sp³-hybridized carbons (Fsp3) is 0.750. The van der Waals surface area contributed by atoms with Crippen molar-refractivity contribution in [3.8, 4) is 0 Å². The highest BCUT2D eigenvalue weighted by atomic mass is 32.2. The molecule has 0 aliphatic carbocycles. The molecule has 1 aliphatic rings. The van der Waals surface area contributed by atoms with E-state index in [1.165, 1.54) is 11.8 Å². The fourth-order valence-corrected chi connectivity index (χ4v) is 2.82. The Morgan fingerprint density at radius 2 is 2.42 bits per heavy atom. The van der Waals surface area contributed by atoms with Crippen LogP contribution in [0.1, 0.15) is 32.0 Å². The number of carboxylic acids is 1. The first-order chi connectivity index (χ1) is 9.20. The lowest BCUT2D eigenvalue weighted by molar-refractivity contribution is -0.133. The molecule has 1 N–H and O–H groups in total. The molecule has 1 aromatic rings. The van der Waals surface area contributed by atoms with Gasteiger partial charge in [-0.15, -0.1) is 10.2 Å². The number of hydrogen-bond donors (Lipinski definition) is 1. The van der Waals surface area contributed by atoms with Crippen molar-refractivity contribution in [1.82, 2.24) is 14.8 Å². The number of aromatic nitrogens is 3. The second kappa shape index (κ2) is 6.91. The Hall–Kier alpha value is -1.08. The van der Waals surface area contributed by atoms with Crippen LogP contribution in [-0.2, 0) is 22.5 Å². The SMILES string of the molecule is CCCc1nnc(SCC(=O)O)n1C[C@H]1CCCO1. The highest BCUT2D eigenvalue weighted by Crippen LogP contribution is 2.21. The first-order valence-corrected chi connectivity index (χ1v) is 7.57. The molecule has 0 aromatic carbocycles. The van der Waals surface area contributed by atoms with Crippen molar-refractivity contribution in [2.75, 3.05) is 12.4 Å². The molecule has 2 rings (SSSR count). The number of carbonyl (C=O) groups is 1. The van der Waals surface area contributed by atoms with Crippen LogP contribution >= 0.6 is 11.8 Å². The maximum Gasteiger partial charge on any atom is 0.313 e. The molecule has 1 fully saturated rings. The van der Waals surface area contributed by atoms with Crippen LogP contribution in [0.15, 0.2) is 5.16 Å². The van der Waals surface area contributed by atoms with Gasteiger partial charge in [-0.3, -0.25) is 4.79 Å². The zero-order valence-electron chi connectivity index (χ0n) is 11.0. The molecule has 1 aromatic heterocycles. The van der Waals surface area contributed by atoms with Crippen LogP contribution in [0.25, 0.3) is 0 Å². The molecule has 0 spiro atoms. The highest BCUT2D eigenvalue weighted by molar-refractivity contribution is 7.99. The van der Waals surface area contributed by atoms with Crippen LogP contribution in [0.3, 0.4) is 0 Å². The number of aliphatic carboxylic acids is 1. The Labute approximate surface area is 116 Å². The predicted octanol–water partition coefficient (Wildman–Crippen LogP) is 1.59. The van der Waals surface area contributed by atoms with Crippen LogP contribution in [-0.4, -0.2) is 44.3 Å². The number of aryl methyl sites for hydroxylation is 1. The van der Waals surface area contributed by atoms with Gasteiger partial charge >= 0.3 is 5.97 Å². The van der Waals surface area contributed by atoms with E-state index in [0.29, 0.717) is 5.16 Å².